The van der Waals surface area contributed by atoms with E-state index in [2.05, 4.69) is 0 Å². The predicted octanol–water partition coefficient (Wildman–Crippen LogP) is 3.41. The number of rotatable bonds is 6. The number of non-ortho nitro benzene ring substituents is 2. The van der Waals surface area contributed by atoms with Gasteiger partial charge in [0, 0.05) is 30.0 Å². The summed E-state index contributed by atoms with van der Waals surface area (Å²) in [6.45, 7) is 0.380. The van der Waals surface area contributed by atoms with E-state index in [1.807, 2.05) is 0 Å². The normalized spacial score (nSPS) is 15.8. The number of methoxy groups -OCH3 is 2. The number of hydrogen-bond acceptors (Lipinski definition) is 8. The van der Waals surface area contributed by atoms with E-state index in [-0.39, 0.29) is 5.56 Å². The largest absolute Gasteiger partial charge is 0.497 e. The highest BCUT2D eigenvalue weighted by Crippen LogP contribution is 2.44. The van der Waals surface area contributed by atoms with Crippen molar-refractivity contribution < 1.29 is 24.1 Å². The molecule has 3 rings (SSSR count). The lowest BCUT2D eigenvalue weighted by Crippen LogP contribution is -2.30. The number of nitrogens with zero attached hydrogens (tertiary/aromatic N) is 3. The summed E-state index contributed by atoms with van der Waals surface area (Å²) in [5, 5.41) is 21.8. The van der Waals surface area contributed by atoms with Crippen LogP contribution in [0.3, 0.4) is 0 Å². The van der Waals surface area contributed by atoms with Crippen LogP contribution in [0.5, 0.6) is 11.5 Å². The van der Waals surface area contributed by atoms with E-state index in [1.54, 1.807) is 18.2 Å². The second-order valence-corrected chi connectivity index (χ2v) is 7.27. The molecule has 29 heavy (non-hydrogen) atoms. The fraction of sp³-hybridized carbons (Fsp3) is 0.278. The van der Waals surface area contributed by atoms with Crippen LogP contribution < -0.4 is 9.47 Å². The summed E-state index contributed by atoms with van der Waals surface area (Å²) in [4.78, 5) is 35.4. The fourth-order valence-corrected chi connectivity index (χ4v) is 4.33. The maximum atomic E-state index is 13.1. The van der Waals surface area contributed by atoms with Gasteiger partial charge in [-0.15, -0.1) is 11.8 Å². The number of nitro groups is 2. The molecule has 1 atom stereocenters. The molecule has 1 saturated heterocycles. The molecule has 0 aromatic heterocycles. The van der Waals surface area contributed by atoms with Crippen molar-refractivity contribution in [3.63, 3.8) is 0 Å². The third-order valence-electron chi connectivity index (χ3n) is 4.43. The molecule has 0 spiro atoms. The van der Waals surface area contributed by atoms with Gasteiger partial charge in [0.05, 0.1) is 35.7 Å². The first-order valence-corrected chi connectivity index (χ1v) is 9.49. The van der Waals surface area contributed by atoms with Crippen LogP contribution in [-0.4, -0.2) is 47.2 Å². The average Bonchev–Trinajstić information content (AvgIpc) is 3.21. The van der Waals surface area contributed by atoms with Gasteiger partial charge in [-0.05, 0) is 18.2 Å². The number of thioether (sulfide) groups is 1. The number of ether oxygens (including phenoxy) is 2. The maximum absolute atomic E-state index is 13.1. The van der Waals surface area contributed by atoms with E-state index in [0.717, 1.165) is 18.2 Å². The highest BCUT2D eigenvalue weighted by molar-refractivity contribution is 7.99. The quantitative estimate of drug-likeness (QED) is 0.515. The van der Waals surface area contributed by atoms with Crippen LogP contribution in [0, 0.1) is 20.2 Å². The van der Waals surface area contributed by atoms with E-state index in [9.17, 15) is 25.0 Å². The maximum Gasteiger partial charge on any atom is 0.277 e. The molecule has 0 aliphatic carbocycles. The Kier molecular flexibility index (Phi) is 5.87. The van der Waals surface area contributed by atoms with Crippen LogP contribution in [0.4, 0.5) is 11.4 Å². The molecule has 1 aliphatic heterocycles. The molecule has 0 N–H and O–H groups in total. The summed E-state index contributed by atoms with van der Waals surface area (Å²) in [5.41, 5.74) is -0.419. The van der Waals surface area contributed by atoms with Crippen molar-refractivity contribution in [2.24, 2.45) is 0 Å². The zero-order valence-electron chi connectivity index (χ0n) is 15.6. The minimum Gasteiger partial charge on any atom is -0.497 e. The fourth-order valence-electron chi connectivity index (χ4n) is 3.06. The van der Waals surface area contributed by atoms with Gasteiger partial charge in [0.25, 0.3) is 17.3 Å². The minimum atomic E-state index is -0.759. The van der Waals surface area contributed by atoms with E-state index < -0.39 is 32.5 Å². The Morgan fingerprint density at radius 2 is 1.72 bits per heavy atom. The van der Waals surface area contributed by atoms with Crippen molar-refractivity contribution in [1.29, 1.82) is 0 Å². The number of carbonyl (C=O) groups is 1. The Bertz CT molecular complexity index is 950. The Morgan fingerprint density at radius 1 is 1.07 bits per heavy atom. The topological polar surface area (TPSA) is 125 Å². The van der Waals surface area contributed by atoms with Gasteiger partial charge in [0.15, 0.2) is 0 Å². The molecule has 2 aromatic carbocycles. The Morgan fingerprint density at radius 3 is 2.28 bits per heavy atom. The van der Waals surface area contributed by atoms with Crippen LogP contribution in [0.1, 0.15) is 21.3 Å². The lowest BCUT2D eigenvalue weighted by atomic mass is 10.1. The molecule has 10 nitrogen and oxygen atoms in total. The van der Waals surface area contributed by atoms with Crippen molar-refractivity contribution in [1.82, 2.24) is 4.90 Å². The lowest BCUT2D eigenvalue weighted by Gasteiger charge is -2.25. The first-order chi connectivity index (χ1) is 13.8. The molecule has 1 heterocycles. The number of nitro benzene ring substituents is 2. The minimum absolute atomic E-state index is 0.111. The second-order valence-electron chi connectivity index (χ2n) is 6.08. The van der Waals surface area contributed by atoms with Gasteiger partial charge in [0.1, 0.15) is 16.9 Å². The molecule has 1 fully saturated rings. The summed E-state index contributed by atoms with van der Waals surface area (Å²) < 4.78 is 10.7. The molecular formula is C18H17N3O7S. The summed E-state index contributed by atoms with van der Waals surface area (Å²) in [6, 6.07) is 8.17. The summed E-state index contributed by atoms with van der Waals surface area (Å²) in [6.07, 6.45) is 0. The highest BCUT2D eigenvalue weighted by atomic mass is 32.2. The molecule has 11 heteroatoms. The van der Waals surface area contributed by atoms with Crippen molar-refractivity contribution in [3.8, 4) is 11.5 Å². The van der Waals surface area contributed by atoms with Gasteiger partial charge in [-0.3, -0.25) is 25.0 Å². The van der Waals surface area contributed by atoms with Gasteiger partial charge in [-0.2, -0.15) is 0 Å². The smallest absolute Gasteiger partial charge is 0.277 e. The number of benzene rings is 2. The monoisotopic (exact) mass is 419 g/mol. The Labute approximate surface area is 169 Å². The average molecular weight is 419 g/mol. The van der Waals surface area contributed by atoms with E-state index >= 15 is 0 Å². The Hall–Kier alpha value is -3.34. The molecule has 0 saturated carbocycles. The van der Waals surface area contributed by atoms with Crippen molar-refractivity contribution in [2.45, 2.75) is 5.37 Å². The highest BCUT2D eigenvalue weighted by Gasteiger charge is 2.34. The van der Waals surface area contributed by atoms with E-state index in [1.165, 1.54) is 30.9 Å². The Balaban J connectivity index is 2.01. The molecule has 1 aliphatic rings. The van der Waals surface area contributed by atoms with Crippen LogP contribution in [0.2, 0.25) is 0 Å². The first kappa shape index (κ1) is 20.4. The van der Waals surface area contributed by atoms with E-state index in [0.29, 0.717) is 29.4 Å². The summed E-state index contributed by atoms with van der Waals surface area (Å²) in [5.74, 6) is 1.25. The van der Waals surface area contributed by atoms with Crippen LogP contribution in [0.25, 0.3) is 0 Å². The SMILES string of the molecule is COc1ccc(OC)c(C2SCCN2C(=O)c2cc([N+](=O)[O-])cc([N+](=O)[O-])c2)c1. The van der Waals surface area contributed by atoms with Crippen LogP contribution >= 0.6 is 11.8 Å². The number of hydrogen-bond donors (Lipinski definition) is 0. The zero-order valence-corrected chi connectivity index (χ0v) is 16.4. The molecule has 1 amide bonds. The molecule has 0 bridgehead atoms. The molecular weight excluding hydrogens is 402 g/mol. The molecule has 152 valence electrons. The number of amides is 1. The van der Waals surface area contributed by atoms with Gasteiger partial charge in [-0.1, -0.05) is 0 Å². The summed E-state index contributed by atoms with van der Waals surface area (Å²) in [7, 11) is 3.04. The van der Waals surface area contributed by atoms with Crippen LogP contribution in [-0.2, 0) is 0 Å². The van der Waals surface area contributed by atoms with Crippen molar-refractivity contribution in [3.05, 3.63) is 67.8 Å². The van der Waals surface area contributed by atoms with Crippen molar-refractivity contribution in [2.75, 3.05) is 26.5 Å². The van der Waals surface area contributed by atoms with Crippen molar-refractivity contribution >= 4 is 29.0 Å². The third kappa shape index (κ3) is 4.09. The van der Waals surface area contributed by atoms with Crippen LogP contribution in [0.15, 0.2) is 36.4 Å². The molecule has 0 radical (unpaired) electrons. The molecule has 2 aromatic rings. The standard InChI is InChI=1S/C18H17N3O7S/c1-27-14-3-4-16(28-2)15(10-14)18-19(5-6-29-18)17(22)11-7-12(20(23)24)9-13(8-11)21(25)26/h3-4,7-10,18H,5-6H2,1-2H3. The van der Waals surface area contributed by atoms with Gasteiger partial charge in [0.2, 0.25) is 0 Å². The molecule has 1 unspecified atom stereocenters. The van der Waals surface area contributed by atoms with Gasteiger partial charge in [-0.25, -0.2) is 0 Å². The van der Waals surface area contributed by atoms with E-state index in [4.69, 9.17) is 9.47 Å². The number of carbonyl (C=O) groups excluding carboxylic acids is 1. The summed E-state index contributed by atoms with van der Waals surface area (Å²) >= 11 is 1.50. The van der Waals surface area contributed by atoms with Gasteiger partial charge >= 0.3 is 0 Å². The third-order valence-corrected chi connectivity index (χ3v) is 5.67. The second kappa shape index (κ2) is 8.35. The lowest BCUT2D eigenvalue weighted by molar-refractivity contribution is -0.394. The van der Waals surface area contributed by atoms with Gasteiger partial charge < -0.3 is 14.4 Å². The predicted molar refractivity (Wildman–Crippen MR) is 106 cm³/mol. The zero-order chi connectivity index (χ0) is 21.1. The first-order valence-electron chi connectivity index (χ1n) is 8.44.